The lowest BCUT2D eigenvalue weighted by atomic mass is 9.92. The second-order valence-corrected chi connectivity index (χ2v) is 5.65. The number of carbonyl (C=O) groups is 1. The summed E-state index contributed by atoms with van der Waals surface area (Å²) in [5.74, 6) is 1.23. The molecule has 0 radical (unpaired) electrons. The molecule has 2 heterocycles. The predicted octanol–water partition coefficient (Wildman–Crippen LogP) is 2.42. The maximum absolute atomic E-state index is 11.2. The molecule has 0 unspecified atom stereocenters. The minimum atomic E-state index is 0.0157. The summed E-state index contributed by atoms with van der Waals surface area (Å²) in [6.45, 7) is 6.33. The van der Waals surface area contributed by atoms with Crippen LogP contribution in [-0.2, 0) is 10.2 Å². The second kappa shape index (κ2) is 3.52. The van der Waals surface area contributed by atoms with Crippen molar-refractivity contribution < 1.29 is 4.79 Å². The first kappa shape index (κ1) is 10.5. The molecule has 15 heavy (non-hydrogen) atoms. The molecular weight excluding hydrogens is 208 g/mol. The lowest BCUT2D eigenvalue weighted by Crippen LogP contribution is -2.22. The molecule has 1 aliphatic heterocycles. The number of anilines is 1. The van der Waals surface area contributed by atoms with E-state index in [9.17, 15) is 4.79 Å². The Hall–Kier alpha value is -1.03. The molecule has 0 saturated carbocycles. The van der Waals surface area contributed by atoms with Crippen LogP contribution in [0.3, 0.4) is 0 Å². The van der Waals surface area contributed by atoms with Crippen molar-refractivity contribution in [3.63, 3.8) is 0 Å². The summed E-state index contributed by atoms with van der Waals surface area (Å²) < 4.78 is 0. The number of nitrogens with zero attached hydrogens (tertiary/aromatic N) is 1. The van der Waals surface area contributed by atoms with Gasteiger partial charge in [0.05, 0.1) is 10.6 Å². The smallest absolute Gasteiger partial charge is 0.235 e. The molecule has 0 spiro atoms. The van der Waals surface area contributed by atoms with Crippen molar-refractivity contribution in [1.82, 2.24) is 4.98 Å². The number of carbonyl (C=O) groups excluding carboxylic acids is 1. The van der Waals surface area contributed by atoms with Gasteiger partial charge in [0, 0.05) is 11.1 Å². The Kier molecular flexibility index (Phi) is 2.46. The molecule has 1 aromatic heterocycles. The summed E-state index contributed by atoms with van der Waals surface area (Å²) in [5.41, 5.74) is 1.02. The molecule has 1 amide bonds. The van der Waals surface area contributed by atoms with Gasteiger partial charge < -0.3 is 5.32 Å². The van der Waals surface area contributed by atoms with E-state index in [0.717, 1.165) is 10.6 Å². The first-order chi connectivity index (χ1) is 6.97. The number of aromatic nitrogens is 1. The number of fused-ring (bicyclic) bond motifs is 1. The number of nitrogens with one attached hydrogen (secondary N) is 1. The van der Waals surface area contributed by atoms with Gasteiger partial charge in [0.15, 0.2) is 0 Å². The van der Waals surface area contributed by atoms with Crippen LogP contribution in [0.25, 0.3) is 0 Å². The van der Waals surface area contributed by atoms with Crippen molar-refractivity contribution >= 4 is 23.5 Å². The zero-order valence-electron chi connectivity index (χ0n) is 9.13. The Morgan fingerprint density at radius 1 is 1.40 bits per heavy atom. The van der Waals surface area contributed by atoms with Gasteiger partial charge in [-0.2, -0.15) is 0 Å². The van der Waals surface area contributed by atoms with Crippen LogP contribution in [0.2, 0.25) is 0 Å². The van der Waals surface area contributed by atoms with Crippen LogP contribution in [0, 0.1) is 0 Å². The lowest BCUT2D eigenvalue weighted by molar-refractivity contribution is -0.113. The van der Waals surface area contributed by atoms with Gasteiger partial charge in [0.2, 0.25) is 5.91 Å². The fourth-order valence-electron chi connectivity index (χ4n) is 1.38. The Morgan fingerprint density at radius 2 is 2.13 bits per heavy atom. The average molecular weight is 222 g/mol. The molecule has 2 rings (SSSR count). The maximum Gasteiger partial charge on any atom is 0.235 e. The fourth-order valence-corrected chi connectivity index (χ4v) is 2.14. The molecule has 80 valence electrons. The minimum absolute atomic E-state index is 0.0157. The van der Waals surface area contributed by atoms with E-state index in [1.54, 1.807) is 11.8 Å². The second-order valence-electron chi connectivity index (χ2n) is 4.63. The molecule has 4 heteroatoms. The molecule has 0 atom stereocenters. The summed E-state index contributed by atoms with van der Waals surface area (Å²) in [6.07, 6.45) is 0. The number of hydrogen-bond donors (Lipinski definition) is 1. The fraction of sp³-hybridized carbons (Fsp3) is 0.455. The largest absolute Gasteiger partial charge is 0.309 e. The Balaban J connectivity index is 2.41. The quantitative estimate of drug-likeness (QED) is 0.733. The topological polar surface area (TPSA) is 42.0 Å². The van der Waals surface area contributed by atoms with Crippen molar-refractivity contribution in [1.29, 1.82) is 0 Å². The minimum Gasteiger partial charge on any atom is -0.309 e. The van der Waals surface area contributed by atoms with Crippen LogP contribution in [0.4, 0.5) is 5.82 Å². The van der Waals surface area contributed by atoms with E-state index >= 15 is 0 Å². The van der Waals surface area contributed by atoms with Crippen LogP contribution in [-0.4, -0.2) is 16.6 Å². The average Bonchev–Trinajstić information content (AvgIpc) is 2.15. The molecular formula is C11H14N2OS. The number of hydrogen-bond acceptors (Lipinski definition) is 3. The van der Waals surface area contributed by atoms with Crippen LogP contribution < -0.4 is 5.32 Å². The van der Waals surface area contributed by atoms with Crippen molar-refractivity contribution in [3.05, 3.63) is 17.8 Å². The van der Waals surface area contributed by atoms with E-state index < -0.39 is 0 Å². The third-order valence-electron chi connectivity index (χ3n) is 2.24. The third kappa shape index (κ3) is 2.15. The van der Waals surface area contributed by atoms with E-state index in [4.69, 9.17) is 0 Å². The van der Waals surface area contributed by atoms with Gasteiger partial charge in [-0.15, -0.1) is 11.8 Å². The third-order valence-corrected chi connectivity index (χ3v) is 3.29. The Morgan fingerprint density at radius 3 is 2.80 bits per heavy atom. The zero-order valence-corrected chi connectivity index (χ0v) is 9.94. The molecule has 3 nitrogen and oxygen atoms in total. The molecule has 1 aliphatic rings. The van der Waals surface area contributed by atoms with Gasteiger partial charge in [-0.25, -0.2) is 4.98 Å². The van der Waals surface area contributed by atoms with Crippen LogP contribution in [0.1, 0.15) is 26.5 Å². The molecule has 0 fully saturated rings. The van der Waals surface area contributed by atoms with Crippen molar-refractivity contribution in [2.75, 3.05) is 11.1 Å². The van der Waals surface area contributed by atoms with Crippen LogP contribution in [0.5, 0.6) is 0 Å². The number of pyridine rings is 1. The summed E-state index contributed by atoms with van der Waals surface area (Å²) in [5, 5.41) is 2.80. The van der Waals surface area contributed by atoms with E-state index in [1.807, 2.05) is 12.1 Å². The number of rotatable bonds is 0. The zero-order chi connectivity index (χ0) is 11.1. The van der Waals surface area contributed by atoms with Gasteiger partial charge in [0.1, 0.15) is 5.82 Å². The molecule has 0 saturated heterocycles. The summed E-state index contributed by atoms with van der Waals surface area (Å²) in [4.78, 5) is 16.8. The molecule has 1 aromatic rings. The Labute approximate surface area is 93.7 Å². The first-order valence-electron chi connectivity index (χ1n) is 4.91. The van der Waals surface area contributed by atoms with Gasteiger partial charge >= 0.3 is 0 Å². The van der Waals surface area contributed by atoms with Gasteiger partial charge in [-0.05, 0) is 12.1 Å². The van der Waals surface area contributed by atoms with Crippen LogP contribution >= 0.6 is 11.8 Å². The van der Waals surface area contributed by atoms with Crippen molar-refractivity contribution in [3.8, 4) is 0 Å². The normalized spacial score (nSPS) is 15.8. The summed E-state index contributed by atoms with van der Waals surface area (Å²) >= 11 is 1.54. The first-order valence-corrected chi connectivity index (χ1v) is 5.89. The molecule has 1 N–H and O–H groups in total. The van der Waals surface area contributed by atoms with E-state index in [2.05, 4.69) is 31.1 Å². The van der Waals surface area contributed by atoms with E-state index in [0.29, 0.717) is 11.6 Å². The number of amides is 1. The highest BCUT2D eigenvalue weighted by Gasteiger charge is 2.21. The van der Waals surface area contributed by atoms with E-state index in [1.165, 1.54) is 0 Å². The highest BCUT2D eigenvalue weighted by Crippen LogP contribution is 2.32. The Bertz CT molecular complexity index is 410. The predicted molar refractivity (Wildman–Crippen MR) is 62.3 cm³/mol. The van der Waals surface area contributed by atoms with Crippen LogP contribution in [0.15, 0.2) is 17.0 Å². The van der Waals surface area contributed by atoms with E-state index in [-0.39, 0.29) is 11.3 Å². The summed E-state index contributed by atoms with van der Waals surface area (Å²) in [7, 11) is 0. The van der Waals surface area contributed by atoms with Crippen molar-refractivity contribution in [2.24, 2.45) is 0 Å². The maximum atomic E-state index is 11.2. The molecule has 0 bridgehead atoms. The lowest BCUT2D eigenvalue weighted by Gasteiger charge is -2.21. The summed E-state index contributed by atoms with van der Waals surface area (Å²) in [6, 6.07) is 4.07. The highest BCUT2D eigenvalue weighted by molar-refractivity contribution is 8.00. The van der Waals surface area contributed by atoms with Gasteiger partial charge in [-0.3, -0.25) is 4.79 Å². The van der Waals surface area contributed by atoms with Gasteiger partial charge in [0.25, 0.3) is 0 Å². The standard InChI is InChI=1S/C11H14N2OS/c1-11(2,3)8-5-4-7-10(12-8)13-9(14)6-15-7/h4-5H,6H2,1-3H3,(H,12,13,14). The monoisotopic (exact) mass is 222 g/mol. The molecule has 0 aliphatic carbocycles. The van der Waals surface area contributed by atoms with Crippen molar-refractivity contribution in [2.45, 2.75) is 31.1 Å². The SMILES string of the molecule is CC(C)(C)c1ccc2c(n1)NC(=O)CS2. The molecule has 0 aromatic carbocycles. The highest BCUT2D eigenvalue weighted by atomic mass is 32.2. The number of thioether (sulfide) groups is 1. The van der Waals surface area contributed by atoms with Gasteiger partial charge in [-0.1, -0.05) is 20.8 Å².